The summed E-state index contributed by atoms with van der Waals surface area (Å²) in [7, 11) is 0. The topological polar surface area (TPSA) is 53.2 Å². The average molecular weight is 359 g/mol. The fourth-order valence-corrected chi connectivity index (χ4v) is 3.54. The van der Waals surface area contributed by atoms with Crippen molar-refractivity contribution in [3.63, 3.8) is 0 Å². The van der Waals surface area contributed by atoms with E-state index in [1.165, 1.54) is 17.4 Å². The van der Waals surface area contributed by atoms with Crippen molar-refractivity contribution < 1.29 is 9.18 Å². The molecule has 0 fully saturated rings. The molecule has 24 heavy (non-hydrogen) atoms. The minimum absolute atomic E-state index is 0.104. The summed E-state index contributed by atoms with van der Waals surface area (Å²) in [6, 6.07) is 14.0. The zero-order valence-corrected chi connectivity index (χ0v) is 14.4. The third-order valence-electron chi connectivity index (χ3n) is 3.46. The van der Waals surface area contributed by atoms with Gasteiger partial charge in [-0.25, -0.2) is 4.39 Å². The first-order valence-electron chi connectivity index (χ1n) is 7.16. The molecule has 122 valence electrons. The van der Waals surface area contributed by atoms with E-state index in [0.717, 1.165) is 15.6 Å². The number of amides is 1. The Morgan fingerprint density at radius 1 is 1.08 bits per heavy atom. The van der Waals surface area contributed by atoms with E-state index in [1.807, 2.05) is 31.2 Å². The summed E-state index contributed by atoms with van der Waals surface area (Å²) in [5.41, 5.74) is 6.28. The van der Waals surface area contributed by atoms with Gasteiger partial charge in [-0.2, -0.15) is 0 Å². The molecule has 0 aliphatic heterocycles. The third kappa shape index (κ3) is 3.37. The third-order valence-corrected chi connectivity index (χ3v) is 4.94. The van der Waals surface area contributed by atoms with Gasteiger partial charge < -0.3 is 5.32 Å². The first-order chi connectivity index (χ1) is 11.6. The van der Waals surface area contributed by atoms with Crippen molar-refractivity contribution in [2.45, 2.75) is 6.92 Å². The number of carbonyl (C=O) groups excluding carboxylic acids is 1. The van der Waals surface area contributed by atoms with Crippen molar-refractivity contribution in [2.24, 2.45) is 0 Å². The molecule has 2 aromatic carbocycles. The first-order valence-corrected chi connectivity index (χ1v) is 8.38. The van der Waals surface area contributed by atoms with Gasteiger partial charge in [0.05, 0.1) is 10.6 Å². The predicted octanol–water partition coefficient (Wildman–Crippen LogP) is 3.98. The lowest BCUT2D eigenvalue weighted by molar-refractivity contribution is 0.0948. The van der Waals surface area contributed by atoms with Crippen molar-refractivity contribution in [3.8, 4) is 0 Å². The molecule has 0 aliphatic rings. The van der Waals surface area contributed by atoms with Gasteiger partial charge in [-0.05, 0) is 48.3 Å². The maximum atomic E-state index is 13.5. The molecule has 1 aromatic heterocycles. The Morgan fingerprint density at radius 3 is 2.54 bits per heavy atom. The molecule has 0 saturated heterocycles. The molecular weight excluding hydrogens is 345 g/mol. The molecular formula is C17H14FN3OS2. The number of aryl methyl sites for hydroxylation is 1. The lowest BCUT2D eigenvalue weighted by Crippen LogP contribution is -2.43. The van der Waals surface area contributed by atoms with E-state index in [1.54, 1.807) is 18.2 Å². The normalized spacial score (nSPS) is 10.4. The molecule has 0 atom stereocenters. The number of rotatable bonds is 2. The van der Waals surface area contributed by atoms with Crippen LogP contribution in [0.15, 0.2) is 48.5 Å². The number of hydrogen-bond acceptors (Lipinski definition) is 3. The molecule has 4 nitrogen and oxygen atoms in total. The van der Waals surface area contributed by atoms with Crippen LogP contribution >= 0.6 is 23.6 Å². The van der Waals surface area contributed by atoms with Crippen LogP contribution < -0.4 is 16.2 Å². The van der Waals surface area contributed by atoms with Crippen LogP contribution in [0.5, 0.6) is 0 Å². The van der Waals surface area contributed by atoms with Gasteiger partial charge in [-0.1, -0.05) is 30.3 Å². The van der Waals surface area contributed by atoms with E-state index in [9.17, 15) is 9.18 Å². The Bertz CT molecular complexity index is 923. The van der Waals surface area contributed by atoms with Gasteiger partial charge in [0.15, 0.2) is 5.11 Å². The van der Waals surface area contributed by atoms with Crippen LogP contribution in [0.1, 0.15) is 15.2 Å². The maximum Gasteiger partial charge on any atom is 0.280 e. The second-order valence-corrected chi connectivity index (χ2v) is 6.53. The second kappa shape index (κ2) is 6.94. The zero-order chi connectivity index (χ0) is 17.1. The highest BCUT2D eigenvalue weighted by Gasteiger charge is 2.15. The molecule has 0 unspecified atom stereocenters. The number of hydrazine groups is 1. The van der Waals surface area contributed by atoms with Crippen LogP contribution in [0.3, 0.4) is 0 Å². The molecule has 0 bridgehead atoms. The summed E-state index contributed by atoms with van der Waals surface area (Å²) < 4.78 is 14.6. The number of carbonyl (C=O) groups is 1. The monoisotopic (exact) mass is 359 g/mol. The first kappa shape index (κ1) is 16.4. The average Bonchev–Trinajstić information content (AvgIpc) is 2.92. The molecule has 0 radical (unpaired) electrons. The van der Waals surface area contributed by atoms with Gasteiger partial charge in [0.2, 0.25) is 0 Å². The molecule has 3 aromatic rings. The number of benzene rings is 2. The molecule has 0 saturated carbocycles. The number of thiophene rings is 1. The van der Waals surface area contributed by atoms with Crippen LogP contribution in [0, 0.1) is 12.7 Å². The summed E-state index contributed by atoms with van der Waals surface area (Å²) >= 11 is 6.48. The maximum absolute atomic E-state index is 13.5. The van der Waals surface area contributed by atoms with Gasteiger partial charge >= 0.3 is 0 Å². The summed E-state index contributed by atoms with van der Waals surface area (Å²) in [5.74, 6) is -0.709. The minimum atomic E-state index is -0.423. The summed E-state index contributed by atoms with van der Waals surface area (Å²) in [4.78, 5) is 12.9. The van der Waals surface area contributed by atoms with Gasteiger partial charge in [0.1, 0.15) is 5.82 Å². The van der Waals surface area contributed by atoms with Gasteiger partial charge in [0, 0.05) is 4.70 Å². The van der Waals surface area contributed by atoms with Crippen molar-refractivity contribution >= 4 is 50.3 Å². The Hall–Kier alpha value is -2.51. The van der Waals surface area contributed by atoms with Gasteiger partial charge in [0.25, 0.3) is 5.91 Å². The van der Waals surface area contributed by atoms with Crippen LogP contribution in [-0.2, 0) is 0 Å². The van der Waals surface area contributed by atoms with Crippen LogP contribution in [0.2, 0.25) is 0 Å². The molecule has 3 N–H and O–H groups in total. The molecule has 0 aliphatic carbocycles. The highest BCUT2D eigenvalue weighted by Crippen LogP contribution is 2.30. The number of para-hydroxylation sites is 1. The Kier molecular flexibility index (Phi) is 4.73. The van der Waals surface area contributed by atoms with E-state index in [2.05, 4.69) is 16.2 Å². The van der Waals surface area contributed by atoms with Crippen molar-refractivity contribution in [2.75, 3.05) is 5.32 Å². The summed E-state index contributed by atoms with van der Waals surface area (Å²) in [6.07, 6.45) is 0. The van der Waals surface area contributed by atoms with Gasteiger partial charge in [-0.15, -0.1) is 11.3 Å². The lowest BCUT2D eigenvalue weighted by Gasteiger charge is -2.11. The van der Waals surface area contributed by atoms with E-state index in [4.69, 9.17) is 12.2 Å². The number of hydrogen-bond donors (Lipinski definition) is 3. The van der Waals surface area contributed by atoms with E-state index >= 15 is 0 Å². The van der Waals surface area contributed by atoms with Crippen LogP contribution in [-0.4, -0.2) is 11.0 Å². The quantitative estimate of drug-likeness (QED) is 0.479. The smallest absolute Gasteiger partial charge is 0.280 e. The Morgan fingerprint density at radius 2 is 1.79 bits per heavy atom. The molecule has 0 spiro atoms. The van der Waals surface area contributed by atoms with Gasteiger partial charge in [-0.3, -0.25) is 15.6 Å². The Labute approximate surface area is 147 Å². The number of thiocarbonyl (C=S) groups is 1. The van der Waals surface area contributed by atoms with Crippen LogP contribution in [0.25, 0.3) is 10.1 Å². The molecule has 1 amide bonds. The number of anilines is 1. The zero-order valence-electron chi connectivity index (χ0n) is 12.7. The highest BCUT2D eigenvalue weighted by atomic mass is 32.1. The number of nitrogens with one attached hydrogen (secondary N) is 3. The largest absolute Gasteiger partial charge is 0.329 e. The SMILES string of the molecule is Cc1c(C(=O)NNC(=S)Nc2ccccc2F)sc2ccccc12. The van der Waals surface area contributed by atoms with E-state index < -0.39 is 5.82 Å². The summed E-state index contributed by atoms with van der Waals surface area (Å²) in [6.45, 7) is 1.91. The highest BCUT2D eigenvalue weighted by molar-refractivity contribution is 7.80. The fourth-order valence-electron chi connectivity index (χ4n) is 2.28. The van der Waals surface area contributed by atoms with Crippen molar-refractivity contribution in [1.82, 2.24) is 10.9 Å². The van der Waals surface area contributed by atoms with Crippen LogP contribution in [0.4, 0.5) is 10.1 Å². The van der Waals surface area contributed by atoms with Crippen molar-refractivity contribution in [1.29, 1.82) is 0 Å². The molecule has 3 rings (SSSR count). The number of fused-ring (bicyclic) bond motifs is 1. The fraction of sp³-hybridized carbons (Fsp3) is 0.0588. The summed E-state index contributed by atoms with van der Waals surface area (Å²) in [5, 5.41) is 3.85. The molecule has 7 heteroatoms. The standard InChI is InChI=1S/C17H14FN3OS2/c1-10-11-6-2-5-9-14(11)24-15(10)16(22)20-21-17(23)19-13-8-4-3-7-12(13)18/h2-9H,1H3,(H,20,22)(H2,19,21,23). The lowest BCUT2D eigenvalue weighted by atomic mass is 10.1. The molecule has 1 heterocycles. The predicted molar refractivity (Wildman–Crippen MR) is 99.8 cm³/mol. The minimum Gasteiger partial charge on any atom is -0.329 e. The van der Waals surface area contributed by atoms with Crippen molar-refractivity contribution in [3.05, 3.63) is 64.8 Å². The second-order valence-electron chi connectivity index (χ2n) is 5.07. The number of halogens is 1. The van der Waals surface area contributed by atoms with E-state index in [0.29, 0.717) is 4.88 Å². The van der Waals surface area contributed by atoms with E-state index in [-0.39, 0.29) is 16.7 Å². The Balaban J connectivity index is 1.65.